The van der Waals surface area contributed by atoms with Crippen molar-refractivity contribution in [3.05, 3.63) is 105 Å². The van der Waals surface area contributed by atoms with Crippen LogP contribution >= 0.6 is 27.5 Å². The second kappa shape index (κ2) is 9.24. The van der Waals surface area contributed by atoms with Gasteiger partial charge in [0.15, 0.2) is 11.5 Å². The highest BCUT2D eigenvalue weighted by Crippen LogP contribution is 2.43. The van der Waals surface area contributed by atoms with Gasteiger partial charge in [-0.15, -0.1) is 0 Å². The lowest BCUT2D eigenvalue weighted by molar-refractivity contribution is -0.117. The number of Topliss-reactive ketones (excluding diaryl/α,β-unsaturated/α-hetero) is 1. The molecule has 5 rings (SSSR count). The first kappa shape index (κ1) is 23.2. The van der Waals surface area contributed by atoms with Crippen LogP contribution in [0, 0.1) is 0 Å². The van der Waals surface area contributed by atoms with E-state index in [1.165, 1.54) is 4.90 Å². The van der Waals surface area contributed by atoms with Gasteiger partial charge in [0.25, 0.3) is 5.91 Å². The average molecular weight is 553 g/mol. The van der Waals surface area contributed by atoms with Crippen LogP contribution in [0.15, 0.2) is 93.0 Å². The van der Waals surface area contributed by atoms with E-state index < -0.39 is 23.5 Å². The fraction of sp³-hybridized carbons (Fsp3) is 0.111. The molecule has 0 bridgehead atoms. The van der Waals surface area contributed by atoms with E-state index in [1.807, 2.05) is 13.0 Å². The minimum Gasteiger partial charge on any atom is -0.503 e. The second-order valence-electron chi connectivity index (χ2n) is 7.94. The molecule has 8 heteroatoms. The number of hydrogen-bond acceptors (Lipinski definition) is 5. The lowest BCUT2D eigenvalue weighted by Crippen LogP contribution is -2.31. The molecule has 176 valence electrons. The molecular formula is C27H19BrClNO5. The minimum absolute atomic E-state index is 0.0277. The predicted molar refractivity (Wildman–Crippen MR) is 137 cm³/mol. The molecule has 35 heavy (non-hydrogen) atoms. The van der Waals surface area contributed by atoms with Crippen LogP contribution in [0.2, 0.25) is 5.02 Å². The summed E-state index contributed by atoms with van der Waals surface area (Å²) in [6, 6.07) is 19.8. The molecule has 1 amide bonds. The van der Waals surface area contributed by atoms with Crippen LogP contribution < -0.4 is 9.64 Å². The standard InChI is InChI=1S/C27H19BrClNO5/c1-2-34-20-10-8-19(9-11-20)30-24(15-3-6-18(29)7-4-15)23(26(32)27(30)33)25(31)22-14-16-13-17(28)5-12-21(16)35-22/h3-14,24,32H,2H2,1H3. The summed E-state index contributed by atoms with van der Waals surface area (Å²) in [5.41, 5.74) is 1.57. The van der Waals surface area contributed by atoms with Crippen LogP contribution in [0.1, 0.15) is 29.1 Å². The summed E-state index contributed by atoms with van der Waals surface area (Å²) < 4.78 is 12.1. The van der Waals surface area contributed by atoms with Gasteiger partial charge in [-0.2, -0.15) is 0 Å². The van der Waals surface area contributed by atoms with Crippen molar-refractivity contribution < 1.29 is 23.8 Å². The number of aliphatic hydroxyl groups is 1. The van der Waals surface area contributed by atoms with Crippen molar-refractivity contribution in [2.75, 3.05) is 11.5 Å². The largest absolute Gasteiger partial charge is 0.503 e. The summed E-state index contributed by atoms with van der Waals surface area (Å²) in [7, 11) is 0. The highest BCUT2D eigenvalue weighted by Gasteiger charge is 2.45. The quantitative estimate of drug-likeness (QED) is 0.260. The molecule has 0 fully saturated rings. The Labute approximate surface area is 214 Å². The van der Waals surface area contributed by atoms with Crippen molar-refractivity contribution in [2.24, 2.45) is 0 Å². The summed E-state index contributed by atoms with van der Waals surface area (Å²) in [5, 5.41) is 12.2. The van der Waals surface area contributed by atoms with Crippen LogP contribution in [0.25, 0.3) is 11.0 Å². The van der Waals surface area contributed by atoms with Gasteiger partial charge in [-0.1, -0.05) is 39.7 Å². The zero-order chi connectivity index (χ0) is 24.7. The fourth-order valence-electron chi connectivity index (χ4n) is 4.19. The third kappa shape index (κ3) is 4.22. The number of anilines is 1. The van der Waals surface area contributed by atoms with Gasteiger partial charge in [0.2, 0.25) is 5.78 Å². The number of carbonyl (C=O) groups excluding carboxylic acids is 2. The highest BCUT2D eigenvalue weighted by atomic mass is 79.9. The predicted octanol–water partition coefficient (Wildman–Crippen LogP) is 7.03. The number of ether oxygens (including phenoxy) is 1. The topological polar surface area (TPSA) is 80.0 Å². The molecule has 3 aromatic carbocycles. The van der Waals surface area contributed by atoms with Gasteiger partial charge in [-0.05, 0) is 73.2 Å². The Morgan fingerprint density at radius 2 is 1.80 bits per heavy atom. The lowest BCUT2D eigenvalue weighted by atomic mass is 9.94. The summed E-state index contributed by atoms with van der Waals surface area (Å²) in [6.45, 7) is 2.38. The molecule has 0 saturated heterocycles. The summed E-state index contributed by atoms with van der Waals surface area (Å²) in [6.07, 6.45) is 0. The molecule has 2 heterocycles. The van der Waals surface area contributed by atoms with Crippen molar-refractivity contribution in [1.82, 2.24) is 0 Å². The SMILES string of the molecule is CCOc1ccc(N2C(=O)C(O)=C(C(=O)c3cc4cc(Br)ccc4o3)C2c2ccc(Cl)cc2)cc1. The van der Waals surface area contributed by atoms with E-state index in [2.05, 4.69) is 15.9 Å². The van der Waals surface area contributed by atoms with Gasteiger partial charge in [0, 0.05) is 20.6 Å². The molecule has 1 atom stereocenters. The molecule has 1 N–H and O–H groups in total. The molecule has 0 saturated carbocycles. The van der Waals surface area contributed by atoms with Gasteiger partial charge in [0.05, 0.1) is 18.2 Å². The fourth-order valence-corrected chi connectivity index (χ4v) is 4.70. The van der Waals surface area contributed by atoms with E-state index in [-0.39, 0.29) is 11.3 Å². The van der Waals surface area contributed by atoms with E-state index >= 15 is 0 Å². The van der Waals surface area contributed by atoms with Crippen molar-refractivity contribution in [1.29, 1.82) is 0 Å². The summed E-state index contributed by atoms with van der Waals surface area (Å²) in [4.78, 5) is 28.4. The maximum Gasteiger partial charge on any atom is 0.294 e. The number of fused-ring (bicyclic) bond motifs is 1. The number of aliphatic hydroxyl groups excluding tert-OH is 1. The number of halogens is 2. The first-order valence-corrected chi connectivity index (χ1v) is 12.0. The maximum atomic E-state index is 13.7. The van der Waals surface area contributed by atoms with E-state index in [0.717, 1.165) is 9.86 Å². The number of ketones is 1. The molecule has 0 aliphatic carbocycles. The number of hydrogen-bond donors (Lipinski definition) is 1. The van der Waals surface area contributed by atoms with Crippen LogP contribution in [-0.4, -0.2) is 23.4 Å². The normalized spacial score (nSPS) is 15.8. The Kier molecular flexibility index (Phi) is 6.13. The van der Waals surface area contributed by atoms with Crippen molar-refractivity contribution in [3.63, 3.8) is 0 Å². The van der Waals surface area contributed by atoms with Crippen molar-refractivity contribution in [3.8, 4) is 5.75 Å². The van der Waals surface area contributed by atoms with Crippen molar-refractivity contribution in [2.45, 2.75) is 13.0 Å². The molecule has 4 aromatic rings. The third-order valence-corrected chi connectivity index (χ3v) is 6.51. The minimum atomic E-state index is -0.884. The molecule has 1 aliphatic heterocycles. The van der Waals surface area contributed by atoms with Crippen LogP contribution in [0.5, 0.6) is 5.75 Å². The Morgan fingerprint density at radius 1 is 1.09 bits per heavy atom. The first-order chi connectivity index (χ1) is 16.9. The summed E-state index contributed by atoms with van der Waals surface area (Å²) in [5.74, 6) is -1.20. The Hall–Kier alpha value is -3.55. The van der Waals surface area contributed by atoms with E-state index in [9.17, 15) is 14.7 Å². The maximum absolute atomic E-state index is 13.7. The third-order valence-electron chi connectivity index (χ3n) is 5.77. The highest BCUT2D eigenvalue weighted by molar-refractivity contribution is 9.10. The molecule has 6 nitrogen and oxygen atoms in total. The Balaban J connectivity index is 1.62. The zero-order valence-electron chi connectivity index (χ0n) is 18.5. The zero-order valence-corrected chi connectivity index (χ0v) is 20.8. The molecule has 0 spiro atoms. The number of rotatable bonds is 6. The van der Waals surface area contributed by atoms with Crippen LogP contribution in [-0.2, 0) is 4.79 Å². The number of benzene rings is 3. The van der Waals surface area contributed by atoms with Gasteiger partial charge in [0.1, 0.15) is 11.3 Å². The first-order valence-electron chi connectivity index (χ1n) is 10.9. The van der Waals surface area contributed by atoms with E-state index in [1.54, 1.807) is 66.7 Å². The van der Waals surface area contributed by atoms with Crippen LogP contribution in [0.3, 0.4) is 0 Å². The number of amides is 1. The van der Waals surface area contributed by atoms with Crippen LogP contribution in [0.4, 0.5) is 5.69 Å². The van der Waals surface area contributed by atoms with E-state index in [0.29, 0.717) is 34.2 Å². The molecule has 1 aromatic heterocycles. The lowest BCUT2D eigenvalue weighted by Gasteiger charge is -2.27. The number of nitrogens with zero attached hydrogens (tertiary/aromatic N) is 1. The second-order valence-corrected chi connectivity index (χ2v) is 9.29. The Morgan fingerprint density at radius 3 is 2.49 bits per heavy atom. The van der Waals surface area contributed by atoms with Crippen molar-refractivity contribution >= 4 is 55.9 Å². The summed E-state index contributed by atoms with van der Waals surface area (Å²) >= 11 is 9.50. The van der Waals surface area contributed by atoms with Gasteiger partial charge >= 0.3 is 0 Å². The number of carbonyl (C=O) groups is 2. The molecule has 1 aliphatic rings. The average Bonchev–Trinajstić information content (AvgIpc) is 3.38. The molecular weight excluding hydrogens is 534 g/mol. The monoisotopic (exact) mass is 551 g/mol. The van der Waals surface area contributed by atoms with Gasteiger partial charge < -0.3 is 14.3 Å². The molecule has 1 unspecified atom stereocenters. The smallest absolute Gasteiger partial charge is 0.294 e. The van der Waals surface area contributed by atoms with E-state index in [4.69, 9.17) is 20.8 Å². The van der Waals surface area contributed by atoms with Gasteiger partial charge in [-0.25, -0.2) is 0 Å². The molecule has 0 radical (unpaired) electrons. The van der Waals surface area contributed by atoms with Gasteiger partial charge in [-0.3, -0.25) is 14.5 Å². The number of furan rings is 1. The Bertz CT molecular complexity index is 1470.